The van der Waals surface area contributed by atoms with E-state index in [0.717, 1.165) is 11.5 Å². The number of hydrogen-bond acceptors (Lipinski definition) is 3. The van der Waals surface area contributed by atoms with Crippen molar-refractivity contribution in [3.63, 3.8) is 0 Å². The maximum atomic E-state index is 5.45. The fourth-order valence-corrected chi connectivity index (χ4v) is 3.08. The van der Waals surface area contributed by atoms with E-state index in [2.05, 4.69) is 24.4 Å². The third-order valence-electron chi connectivity index (χ3n) is 4.24. The second kappa shape index (κ2) is 5.83. The molecular formula is C16H23NO2. The Labute approximate surface area is 115 Å². The van der Waals surface area contributed by atoms with E-state index in [4.69, 9.17) is 9.47 Å². The smallest absolute Gasteiger partial charge is 0.231 e. The van der Waals surface area contributed by atoms with E-state index in [0.29, 0.717) is 18.9 Å². The SMILES string of the molecule is CC(NC1CCCCCC1)c1ccc2c(c1)OCO2. The summed E-state index contributed by atoms with van der Waals surface area (Å²) >= 11 is 0. The molecule has 1 unspecified atom stereocenters. The molecule has 3 heteroatoms. The molecule has 1 heterocycles. The normalized spacial score (nSPS) is 21.1. The summed E-state index contributed by atoms with van der Waals surface area (Å²) in [4.78, 5) is 0. The lowest BCUT2D eigenvalue weighted by Gasteiger charge is -2.22. The van der Waals surface area contributed by atoms with Crippen LogP contribution in [0.15, 0.2) is 18.2 Å². The lowest BCUT2D eigenvalue weighted by molar-refractivity contribution is 0.174. The quantitative estimate of drug-likeness (QED) is 0.840. The van der Waals surface area contributed by atoms with Gasteiger partial charge in [-0.05, 0) is 37.5 Å². The molecule has 3 nitrogen and oxygen atoms in total. The number of rotatable bonds is 3. The maximum Gasteiger partial charge on any atom is 0.231 e. The number of hydrogen-bond donors (Lipinski definition) is 1. The van der Waals surface area contributed by atoms with Gasteiger partial charge in [0.1, 0.15) is 0 Å². The largest absolute Gasteiger partial charge is 0.454 e. The Morgan fingerprint density at radius 2 is 1.79 bits per heavy atom. The van der Waals surface area contributed by atoms with Gasteiger partial charge in [-0.25, -0.2) is 0 Å². The average molecular weight is 261 g/mol. The molecule has 2 aliphatic rings. The summed E-state index contributed by atoms with van der Waals surface area (Å²) in [5.74, 6) is 1.75. The molecule has 1 aromatic rings. The first-order valence-electron chi connectivity index (χ1n) is 7.48. The summed E-state index contributed by atoms with van der Waals surface area (Å²) in [6.45, 7) is 2.59. The third kappa shape index (κ3) is 3.03. The number of ether oxygens (including phenoxy) is 2. The van der Waals surface area contributed by atoms with Crippen LogP contribution in [0.1, 0.15) is 57.1 Å². The van der Waals surface area contributed by atoms with Crippen molar-refractivity contribution in [2.24, 2.45) is 0 Å². The molecule has 19 heavy (non-hydrogen) atoms. The van der Waals surface area contributed by atoms with Crippen LogP contribution >= 0.6 is 0 Å². The van der Waals surface area contributed by atoms with Crippen molar-refractivity contribution in [2.75, 3.05) is 6.79 Å². The minimum absolute atomic E-state index is 0.350. The summed E-state index contributed by atoms with van der Waals surface area (Å²) in [5.41, 5.74) is 1.29. The summed E-state index contributed by atoms with van der Waals surface area (Å²) in [6, 6.07) is 7.31. The first kappa shape index (κ1) is 12.8. The van der Waals surface area contributed by atoms with E-state index in [1.165, 1.54) is 44.1 Å². The van der Waals surface area contributed by atoms with Gasteiger partial charge < -0.3 is 14.8 Å². The monoisotopic (exact) mass is 261 g/mol. The Morgan fingerprint density at radius 3 is 2.58 bits per heavy atom. The third-order valence-corrected chi connectivity index (χ3v) is 4.24. The highest BCUT2D eigenvalue weighted by Gasteiger charge is 2.18. The molecule has 104 valence electrons. The maximum absolute atomic E-state index is 5.45. The second-order valence-corrected chi connectivity index (χ2v) is 5.69. The predicted octanol–water partition coefficient (Wildman–Crippen LogP) is 3.79. The first-order chi connectivity index (χ1) is 9.33. The highest BCUT2D eigenvalue weighted by molar-refractivity contribution is 5.45. The Kier molecular flexibility index (Phi) is 3.92. The topological polar surface area (TPSA) is 30.5 Å². The Morgan fingerprint density at radius 1 is 1.05 bits per heavy atom. The lowest BCUT2D eigenvalue weighted by Crippen LogP contribution is -2.31. The van der Waals surface area contributed by atoms with Gasteiger partial charge in [0, 0.05) is 12.1 Å². The van der Waals surface area contributed by atoms with E-state index < -0.39 is 0 Å². The zero-order valence-corrected chi connectivity index (χ0v) is 11.7. The molecular weight excluding hydrogens is 238 g/mol. The van der Waals surface area contributed by atoms with Crippen LogP contribution in [0.5, 0.6) is 11.5 Å². The Balaban J connectivity index is 1.64. The Hall–Kier alpha value is -1.22. The van der Waals surface area contributed by atoms with Gasteiger partial charge in [0.2, 0.25) is 6.79 Å². The van der Waals surface area contributed by atoms with Crippen LogP contribution in [0.2, 0.25) is 0 Å². The second-order valence-electron chi connectivity index (χ2n) is 5.69. The highest BCUT2D eigenvalue weighted by atomic mass is 16.7. The zero-order chi connectivity index (χ0) is 13.1. The zero-order valence-electron chi connectivity index (χ0n) is 11.7. The molecule has 1 saturated carbocycles. The van der Waals surface area contributed by atoms with Gasteiger partial charge in [0.25, 0.3) is 0 Å². The molecule has 0 aromatic heterocycles. The molecule has 3 rings (SSSR count). The van der Waals surface area contributed by atoms with Gasteiger partial charge in [0.15, 0.2) is 11.5 Å². The van der Waals surface area contributed by atoms with Crippen molar-refractivity contribution in [3.05, 3.63) is 23.8 Å². The minimum Gasteiger partial charge on any atom is -0.454 e. The van der Waals surface area contributed by atoms with E-state index in [9.17, 15) is 0 Å². The molecule has 1 N–H and O–H groups in total. The summed E-state index contributed by atoms with van der Waals surface area (Å²) in [6.07, 6.45) is 8.16. The van der Waals surface area contributed by atoms with Crippen LogP contribution in [-0.4, -0.2) is 12.8 Å². The van der Waals surface area contributed by atoms with Crippen LogP contribution in [0.3, 0.4) is 0 Å². The highest BCUT2D eigenvalue weighted by Crippen LogP contribution is 2.34. The lowest BCUT2D eigenvalue weighted by atomic mass is 10.0. The summed E-state index contributed by atoms with van der Waals surface area (Å²) in [5, 5.41) is 3.77. The summed E-state index contributed by atoms with van der Waals surface area (Å²) in [7, 11) is 0. The van der Waals surface area contributed by atoms with Crippen LogP contribution in [-0.2, 0) is 0 Å². The number of benzene rings is 1. The minimum atomic E-state index is 0.350. The van der Waals surface area contributed by atoms with Gasteiger partial charge in [-0.15, -0.1) is 0 Å². The van der Waals surface area contributed by atoms with Crippen LogP contribution in [0.4, 0.5) is 0 Å². The van der Waals surface area contributed by atoms with Gasteiger partial charge in [-0.2, -0.15) is 0 Å². The average Bonchev–Trinajstić information content (AvgIpc) is 2.75. The van der Waals surface area contributed by atoms with Crippen molar-refractivity contribution >= 4 is 0 Å². The standard InChI is InChI=1S/C16H23NO2/c1-12(17-14-6-4-2-3-5-7-14)13-8-9-15-16(10-13)19-11-18-15/h8-10,12,14,17H,2-7,11H2,1H3. The molecule has 1 aliphatic carbocycles. The van der Waals surface area contributed by atoms with Crippen molar-refractivity contribution in [1.82, 2.24) is 5.32 Å². The molecule has 0 bridgehead atoms. The van der Waals surface area contributed by atoms with Gasteiger partial charge >= 0.3 is 0 Å². The fourth-order valence-electron chi connectivity index (χ4n) is 3.08. The van der Waals surface area contributed by atoms with E-state index >= 15 is 0 Å². The molecule has 0 amide bonds. The fraction of sp³-hybridized carbons (Fsp3) is 0.625. The van der Waals surface area contributed by atoms with Crippen molar-refractivity contribution in [1.29, 1.82) is 0 Å². The molecule has 1 aromatic carbocycles. The molecule has 0 spiro atoms. The van der Waals surface area contributed by atoms with Crippen molar-refractivity contribution < 1.29 is 9.47 Å². The number of nitrogens with one attached hydrogen (secondary N) is 1. The molecule has 0 saturated heterocycles. The van der Waals surface area contributed by atoms with Crippen molar-refractivity contribution in [3.8, 4) is 11.5 Å². The van der Waals surface area contributed by atoms with Crippen LogP contribution < -0.4 is 14.8 Å². The van der Waals surface area contributed by atoms with E-state index in [1.54, 1.807) is 0 Å². The molecule has 0 radical (unpaired) electrons. The van der Waals surface area contributed by atoms with E-state index in [-0.39, 0.29) is 0 Å². The van der Waals surface area contributed by atoms with Crippen molar-refractivity contribution in [2.45, 2.75) is 57.5 Å². The Bertz CT molecular complexity index is 425. The predicted molar refractivity (Wildman–Crippen MR) is 75.6 cm³/mol. The molecule has 1 fully saturated rings. The van der Waals surface area contributed by atoms with Crippen LogP contribution in [0.25, 0.3) is 0 Å². The van der Waals surface area contributed by atoms with Gasteiger partial charge in [0.05, 0.1) is 0 Å². The van der Waals surface area contributed by atoms with E-state index in [1.807, 2.05) is 6.07 Å². The first-order valence-corrected chi connectivity index (χ1v) is 7.48. The number of fused-ring (bicyclic) bond motifs is 1. The molecule has 1 atom stereocenters. The van der Waals surface area contributed by atoms with Gasteiger partial charge in [-0.3, -0.25) is 0 Å². The summed E-state index contributed by atoms with van der Waals surface area (Å²) < 4.78 is 10.8. The van der Waals surface area contributed by atoms with Gasteiger partial charge in [-0.1, -0.05) is 31.7 Å². The molecule has 1 aliphatic heterocycles. The van der Waals surface area contributed by atoms with Crippen LogP contribution in [0, 0.1) is 0 Å².